The minimum Gasteiger partial charge on any atom is -0.494 e. The number of unbranched alkanes of at least 4 members (excludes halogenated alkanes) is 14. The Labute approximate surface area is 335 Å². The van der Waals surface area contributed by atoms with Crippen LogP contribution < -0.4 is 9.47 Å². The maximum absolute atomic E-state index is 6.03. The Balaban J connectivity index is 1.00. The third kappa shape index (κ3) is 9.78. The number of hydrogen-bond donors (Lipinski definition) is 0. The predicted octanol–water partition coefficient (Wildman–Crippen LogP) is 15.0. The lowest BCUT2D eigenvalue weighted by atomic mass is 9.97. The molecule has 286 valence electrons. The quantitative estimate of drug-likeness (QED) is 0.0440. The Morgan fingerprint density at radius 2 is 0.714 bits per heavy atom. The van der Waals surface area contributed by atoms with E-state index in [0.717, 1.165) is 59.8 Å². The van der Waals surface area contributed by atoms with Crippen molar-refractivity contribution in [3.05, 3.63) is 119 Å². The van der Waals surface area contributed by atoms with Crippen molar-refractivity contribution in [1.82, 2.24) is 0 Å². The highest BCUT2D eigenvalue weighted by atomic mass is 16.5. The first-order valence-corrected chi connectivity index (χ1v) is 21.7. The molecule has 7 aromatic carbocycles. The Bertz CT molecular complexity index is 2220. The summed E-state index contributed by atoms with van der Waals surface area (Å²) in [5, 5.41) is 10.0. The van der Waals surface area contributed by atoms with Crippen LogP contribution in [0.3, 0.4) is 0 Å². The molecule has 0 unspecified atom stereocenters. The van der Waals surface area contributed by atoms with Gasteiger partial charge in [0.1, 0.15) is 11.5 Å². The van der Waals surface area contributed by atoms with Crippen LogP contribution in [-0.2, 0) is 0 Å². The number of fused-ring (bicyclic) bond motifs is 2. The van der Waals surface area contributed by atoms with E-state index in [1.54, 1.807) is 0 Å². The molecule has 0 amide bonds. The summed E-state index contributed by atoms with van der Waals surface area (Å²) in [4.78, 5) is 0. The van der Waals surface area contributed by atoms with Crippen LogP contribution in [-0.4, -0.2) is 13.2 Å². The van der Waals surface area contributed by atoms with E-state index in [1.165, 1.54) is 133 Å². The molecule has 0 fully saturated rings. The Kier molecular flexibility index (Phi) is 14.0. The predicted molar refractivity (Wildman–Crippen MR) is 240 cm³/mol. The average molecular weight is 739 g/mol. The van der Waals surface area contributed by atoms with Gasteiger partial charge in [-0.25, -0.2) is 0 Å². The molecule has 0 aliphatic carbocycles. The maximum Gasteiger partial charge on any atom is 0.119 e. The van der Waals surface area contributed by atoms with Crippen molar-refractivity contribution in [2.45, 2.75) is 117 Å². The van der Waals surface area contributed by atoms with Gasteiger partial charge in [-0.2, -0.15) is 0 Å². The van der Waals surface area contributed by atoms with Gasteiger partial charge < -0.3 is 9.47 Å². The van der Waals surface area contributed by atoms with E-state index in [9.17, 15) is 0 Å². The van der Waals surface area contributed by atoms with Crippen molar-refractivity contribution in [3.8, 4) is 35.2 Å². The molecule has 7 aromatic rings. The van der Waals surface area contributed by atoms with Gasteiger partial charge >= 0.3 is 0 Å². The summed E-state index contributed by atoms with van der Waals surface area (Å²) < 4.78 is 12.1. The molecule has 0 saturated carbocycles. The molecule has 2 nitrogen and oxygen atoms in total. The maximum atomic E-state index is 6.03. The first-order valence-electron chi connectivity index (χ1n) is 21.7. The van der Waals surface area contributed by atoms with Crippen molar-refractivity contribution in [3.63, 3.8) is 0 Å². The van der Waals surface area contributed by atoms with Gasteiger partial charge in [-0.15, -0.1) is 0 Å². The second kappa shape index (κ2) is 20.1. The topological polar surface area (TPSA) is 18.5 Å². The van der Waals surface area contributed by atoms with Crippen molar-refractivity contribution in [2.75, 3.05) is 13.2 Å². The van der Waals surface area contributed by atoms with E-state index in [0.29, 0.717) is 0 Å². The highest BCUT2D eigenvalue weighted by Gasteiger charge is 2.18. The first-order chi connectivity index (χ1) is 27.7. The Morgan fingerprint density at radius 3 is 1.11 bits per heavy atom. The molecule has 0 heterocycles. The molecular weight excluding hydrogens is 681 g/mol. The van der Waals surface area contributed by atoms with Crippen LogP contribution in [0.4, 0.5) is 0 Å². The lowest BCUT2D eigenvalue weighted by molar-refractivity contribution is 0.304. The molecule has 0 aliphatic rings. The standard InChI is InChI=1S/C54H58O2/c1-3-5-7-9-11-13-15-17-37-55-45-33-27-41(28-34-45)25-31-43-39-51-49-24-20-22-48-44(40-52(54(48)49)50-23-19-21-47(43)53(50)51)32-26-42-29-35-46(36-30-42)56-38-18-16-14-12-10-8-6-4-2/h19-24,27-30,33-36,39-40H,3-18,37-38H2,1-2H3. The Morgan fingerprint density at radius 1 is 0.357 bits per heavy atom. The van der Waals surface area contributed by atoms with Crippen LogP contribution in [0, 0.1) is 23.7 Å². The van der Waals surface area contributed by atoms with Crippen LogP contribution in [0.2, 0.25) is 0 Å². The van der Waals surface area contributed by atoms with E-state index < -0.39 is 0 Å². The summed E-state index contributed by atoms with van der Waals surface area (Å²) in [6.07, 6.45) is 20.9. The summed E-state index contributed by atoms with van der Waals surface area (Å²) in [5.74, 6) is 15.8. The van der Waals surface area contributed by atoms with Crippen molar-refractivity contribution < 1.29 is 9.47 Å². The number of hydrogen-bond acceptors (Lipinski definition) is 2. The molecule has 0 radical (unpaired) electrons. The van der Waals surface area contributed by atoms with Crippen LogP contribution >= 0.6 is 0 Å². The van der Waals surface area contributed by atoms with Gasteiger partial charge in [0, 0.05) is 22.3 Å². The zero-order valence-electron chi connectivity index (χ0n) is 33.8. The van der Waals surface area contributed by atoms with E-state index in [-0.39, 0.29) is 0 Å². The lowest BCUT2D eigenvalue weighted by Crippen LogP contribution is -1.97. The molecule has 0 saturated heterocycles. The van der Waals surface area contributed by atoms with Crippen LogP contribution in [0.15, 0.2) is 97.1 Å². The summed E-state index contributed by atoms with van der Waals surface area (Å²) >= 11 is 0. The molecule has 0 bridgehead atoms. The van der Waals surface area contributed by atoms with E-state index in [4.69, 9.17) is 9.47 Å². The molecule has 2 heteroatoms. The molecule has 7 rings (SSSR count). The summed E-state index contributed by atoms with van der Waals surface area (Å²) in [6.45, 7) is 6.10. The van der Waals surface area contributed by atoms with Crippen molar-refractivity contribution in [1.29, 1.82) is 0 Å². The fourth-order valence-corrected chi connectivity index (χ4v) is 8.20. The average Bonchev–Trinajstić information content (AvgIpc) is 3.81. The van der Waals surface area contributed by atoms with Crippen LogP contribution in [0.25, 0.3) is 43.1 Å². The number of rotatable bonds is 20. The molecular formula is C54H58O2. The second-order valence-corrected chi connectivity index (χ2v) is 15.6. The minimum absolute atomic E-state index is 0.777. The third-order valence-corrected chi connectivity index (χ3v) is 11.3. The monoisotopic (exact) mass is 738 g/mol. The highest BCUT2D eigenvalue weighted by molar-refractivity contribution is 6.35. The normalized spacial score (nSPS) is 11.3. The largest absolute Gasteiger partial charge is 0.494 e. The summed E-state index contributed by atoms with van der Waals surface area (Å²) in [6, 6.07) is 34.4. The zero-order valence-corrected chi connectivity index (χ0v) is 33.8. The molecule has 0 aliphatic heterocycles. The summed E-state index contributed by atoms with van der Waals surface area (Å²) in [7, 11) is 0. The zero-order chi connectivity index (χ0) is 38.4. The second-order valence-electron chi connectivity index (χ2n) is 15.6. The summed E-state index contributed by atoms with van der Waals surface area (Å²) in [5.41, 5.74) is 4.13. The van der Waals surface area contributed by atoms with E-state index >= 15 is 0 Å². The van der Waals surface area contributed by atoms with Gasteiger partial charge in [0.15, 0.2) is 0 Å². The Hall–Kier alpha value is -5.18. The molecule has 0 aromatic heterocycles. The third-order valence-electron chi connectivity index (χ3n) is 11.3. The van der Waals surface area contributed by atoms with Gasteiger partial charge in [0.2, 0.25) is 0 Å². The van der Waals surface area contributed by atoms with Gasteiger partial charge in [-0.3, -0.25) is 0 Å². The van der Waals surface area contributed by atoms with Crippen LogP contribution in [0.1, 0.15) is 139 Å². The van der Waals surface area contributed by atoms with E-state index in [1.807, 2.05) is 0 Å². The number of benzene rings is 5. The highest BCUT2D eigenvalue weighted by Crippen LogP contribution is 2.44. The van der Waals surface area contributed by atoms with Gasteiger partial charge in [0.05, 0.1) is 13.2 Å². The van der Waals surface area contributed by atoms with Gasteiger partial charge in [-0.05, 0) is 117 Å². The van der Waals surface area contributed by atoms with Crippen molar-refractivity contribution >= 4 is 43.1 Å². The van der Waals surface area contributed by atoms with Crippen molar-refractivity contribution in [2.24, 2.45) is 0 Å². The van der Waals surface area contributed by atoms with Crippen LogP contribution in [0.5, 0.6) is 11.5 Å². The molecule has 0 N–H and O–H groups in total. The van der Waals surface area contributed by atoms with Gasteiger partial charge in [-0.1, -0.05) is 164 Å². The minimum atomic E-state index is 0.777. The smallest absolute Gasteiger partial charge is 0.119 e. The molecule has 56 heavy (non-hydrogen) atoms. The first kappa shape index (κ1) is 39.1. The fraction of sp³-hybridized carbons (Fsp3) is 0.370. The molecule has 0 atom stereocenters. The SMILES string of the molecule is CCCCCCCCCCOc1ccc(C#Cc2cc3c4cccc5c(C#Cc6ccc(OCCCCCCCCCC)cc6)cc(c6cccc2c63)c54)cc1. The fourth-order valence-electron chi connectivity index (χ4n) is 8.20. The molecule has 0 spiro atoms. The van der Waals surface area contributed by atoms with Gasteiger partial charge in [0.25, 0.3) is 0 Å². The number of ether oxygens (including phenoxy) is 2. The van der Waals surface area contributed by atoms with E-state index in [2.05, 4.69) is 135 Å². The lowest BCUT2D eigenvalue weighted by Gasteiger charge is -2.06.